The molecular weight excluding hydrogens is 360 g/mol. The fourth-order valence-electron chi connectivity index (χ4n) is 0. The Balaban J connectivity index is -0.00000000222. The maximum atomic E-state index is 8.88. The van der Waals surface area contributed by atoms with Gasteiger partial charge in [-0.1, -0.05) is 0 Å². The van der Waals surface area contributed by atoms with Crippen molar-refractivity contribution >= 4 is 140 Å². The first kappa shape index (κ1) is 22.8. The van der Waals surface area contributed by atoms with Gasteiger partial charge in [-0.2, -0.15) is 0 Å². The molecule has 0 radical (unpaired) electrons. The van der Waals surface area contributed by atoms with Gasteiger partial charge in [0.1, 0.15) is 0 Å². The van der Waals surface area contributed by atoms with E-state index in [1.54, 1.807) is 0 Å². The largest absolute Gasteiger partial charge is 2.00 e. The van der Waals surface area contributed by atoms with Crippen molar-refractivity contribution in [1.29, 1.82) is 0 Å². The smallest absolute Gasteiger partial charge is 1.00 e. The van der Waals surface area contributed by atoms with Crippen LogP contribution in [0.1, 0.15) is 8.56 Å². The second-order valence-corrected chi connectivity index (χ2v) is 1.54. The van der Waals surface area contributed by atoms with Crippen LogP contribution in [0, 0.1) is 0 Å². The van der Waals surface area contributed by atoms with Crippen molar-refractivity contribution < 1.29 is 27.8 Å². The van der Waals surface area contributed by atoms with Crippen LogP contribution in [0.25, 0.3) is 0 Å². The maximum Gasteiger partial charge on any atom is 2.00 e. The van der Waals surface area contributed by atoms with E-state index in [2.05, 4.69) is 0 Å². The number of hydrogen-bond acceptors (Lipinski definition) is 1. The van der Waals surface area contributed by atoms with E-state index in [-0.39, 0.29) is 141 Å². The van der Waals surface area contributed by atoms with E-state index in [4.69, 9.17) is 19.2 Å². The summed E-state index contributed by atoms with van der Waals surface area (Å²) in [5.74, 6) is 0. The Morgan fingerprint density at radius 2 is 1.25 bits per heavy atom. The van der Waals surface area contributed by atoms with Crippen LogP contribution in [0.2, 0.25) is 0 Å². The van der Waals surface area contributed by atoms with Gasteiger partial charge in [-0.15, -0.1) is 0 Å². The number of phosphoric acid groups is 1. The molecule has 0 atom stereocenters. The molecule has 0 aliphatic heterocycles. The molecule has 0 saturated heterocycles. The minimum atomic E-state index is -4.64. The summed E-state index contributed by atoms with van der Waals surface area (Å²) in [6, 6.07) is 0. The molecule has 0 aromatic carbocycles. The van der Waals surface area contributed by atoms with Crippen LogP contribution in [0.3, 0.4) is 0 Å². The summed E-state index contributed by atoms with van der Waals surface area (Å²) in [7, 11) is -4.64. The van der Waals surface area contributed by atoms with Crippen molar-refractivity contribution in [3.05, 3.63) is 0 Å². The summed E-state index contributed by atoms with van der Waals surface area (Å²) in [5, 5.41) is 0. The third-order valence-corrected chi connectivity index (χ3v) is 0. The molecule has 0 amide bonds. The molecule has 0 aliphatic carbocycles. The van der Waals surface area contributed by atoms with Gasteiger partial charge in [0.25, 0.3) is 0 Å². The zero-order chi connectivity index (χ0) is 4.50. The topological polar surface area (TPSA) is 77.8 Å². The van der Waals surface area contributed by atoms with Gasteiger partial charge in [0.15, 0.2) is 0 Å². The SMILES string of the molecule is O=P(O)(O)O.[Ba+2].[Ca+2].[H-].[H-].[H-].[H-].[H-].[H-].[Sr+2]. The van der Waals surface area contributed by atoms with Crippen LogP contribution >= 0.6 is 7.82 Å². The van der Waals surface area contributed by atoms with Gasteiger partial charge in [-0.3, -0.25) is 0 Å². The van der Waals surface area contributed by atoms with Crippen LogP contribution in [-0.4, -0.2) is 147 Å². The third kappa shape index (κ3) is 47.3. The molecule has 0 fully saturated rings. The molecular formula is H9BaCaO4PSr. The first-order valence-corrected chi connectivity index (χ1v) is 2.35. The fourth-order valence-corrected chi connectivity index (χ4v) is 0. The molecule has 0 saturated carbocycles. The summed E-state index contributed by atoms with van der Waals surface area (Å²) >= 11 is 0. The molecule has 0 unspecified atom stereocenters. The van der Waals surface area contributed by atoms with E-state index in [9.17, 15) is 0 Å². The standard InChI is InChI=1S/Ba.Ca.H3O4P.Sr.6H/c;;1-5(2,3)4;;;;;;;/h;;(H3,1,2,3,4);;;;;;;/q2*+2;;+2;6*-1. The van der Waals surface area contributed by atoms with E-state index in [1.165, 1.54) is 0 Å². The average molecular weight is 369 g/mol. The predicted octanol–water partition coefficient (Wildman–Crippen LogP) is -1.40. The molecule has 3 N–H and O–H groups in total. The molecule has 44 valence electrons. The molecule has 0 spiro atoms. The second kappa shape index (κ2) is 11.4. The Labute approximate surface area is 163 Å². The summed E-state index contributed by atoms with van der Waals surface area (Å²) in [4.78, 5) is 21.6. The van der Waals surface area contributed by atoms with Gasteiger partial charge in [0.05, 0.1) is 0 Å². The quantitative estimate of drug-likeness (QED) is 0.363. The number of rotatable bonds is 0. The van der Waals surface area contributed by atoms with Crippen molar-refractivity contribution in [2.45, 2.75) is 0 Å². The maximum absolute atomic E-state index is 8.88. The van der Waals surface area contributed by atoms with E-state index in [0.717, 1.165) is 0 Å². The van der Waals surface area contributed by atoms with E-state index >= 15 is 0 Å². The van der Waals surface area contributed by atoms with Crippen molar-refractivity contribution in [3.63, 3.8) is 0 Å². The minimum Gasteiger partial charge on any atom is -1.00 e. The molecule has 0 heterocycles. The summed E-state index contributed by atoms with van der Waals surface area (Å²) in [6.07, 6.45) is 0. The van der Waals surface area contributed by atoms with Gasteiger partial charge < -0.3 is 23.2 Å². The average Bonchev–Trinajstić information content (AvgIpc) is 0.722. The zero-order valence-corrected chi connectivity index (χ0v) is 15.3. The van der Waals surface area contributed by atoms with Gasteiger partial charge >= 0.3 is 140 Å². The minimum absolute atomic E-state index is 0. The van der Waals surface area contributed by atoms with E-state index in [0.29, 0.717) is 0 Å². The van der Waals surface area contributed by atoms with Crippen molar-refractivity contribution in [2.75, 3.05) is 0 Å². The monoisotopic (exact) mass is 370 g/mol. The van der Waals surface area contributed by atoms with Crippen molar-refractivity contribution in [1.82, 2.24) is 0 Å². The van der Waals surface area contributed by atoms with Gasteiger partial charge in [0.2, 0.25) is 0 Å². The first-order chi connectivity index (χ1) is 2.00. The first-order valence-electron chi connectivity index (χ1n) is 0.783. The Morgan fingerprint density at radius 1 is 1.25 bits per heavy atom. The van der Waals surface area contributed by atoms with Crippen LogP contribution in [0.5, 0.6) is 0 Å². The Bertz CT molecular complexity index is 76.0. The van der Waals surface area contributed by atoms with Crippen LogP contribution in [0.15, 0.2) is 0 Å². The number of hydrogen-bond donors (Lipinski definition) is 3. The Hall–Kier alpha value is 4.42. The molecule has 0 bridgehead atoms. The van der Waals surface area contributed by atoms with Crippen molar-refractivity contribution in [2.24, 2.45) is 0 Å². The predicted molar refractivity (Wildman–Crippen MR) is 38.2 cm³/mol. The normalized spacial score (nSPS) is 7.38. The molecule has 0 aromatic rings. The summed E-state index contributed by atoms with van der Waals surface area (Å²) in [5.41, 5.74) is 0. The second-order valence-electron chi connectivity index (χ2n) is 0.513. The van der Waals surface area contributed by atoms with Crippen LogP contribution in [-0.2, 0) is 4.57 Å². The summed E-state index contributed by atoms with van der Waals surface area (Å²) < 4.78 is 8.88. The molecule has 0 rings (SSSR count). The van der Waals surface area contributed by atoms with Crippen molar-refractivity contribution in [3.8, 4) is 0 Å². The molecule has 8 heavy (non-hydrogen) atoms. The Kier molecular flexibility index (Phi) is 32.6. The van der Waals surface area contributed by atoms with Crippen LogP contribution < -0.4 is 0 Å². The molecule has 8 heteroatoms. The Morgan fingerprint density at radius 3 is 1.25 bits per heavy atom. The third-order valence-electron chi connectivity index (χ3n) is 0. The van der Waals surface area contributed by atoms with Gasteiger partial charge in [-0.05, 0) is 0 Å². The molecule has 4 nitrogen and oxygen atoms in total. The molecule has 0 aliphatic rings. The molecule has 0 aromatic heterocycles. The van der Waals surface area contributed by atoms with Crippen LogP contribution in [0.4, 0.5) is 0 Å². The fraction of sp³-hybridized carbons (Fsp3) is 0. The van der Waals surface area contributed by atoms with E-state index < -0.39 is 7.82 Å². The van der Waals surface area contributed by atoms with Gasteiger partial charge in [0, 0.05) is 0 Å². The van der Waals surface area contributed by atoms with Gasteiger partial charge in [-0.25, -0.2) is 4.57 Å². The van der Waals surface area contributed by atoms with E-state index in [1.807, 2.05) is 0 Å². The summed E-state index contributed by atoms with van der Waals surface area (Å²) in [6.45, 7) is 0. The zero-order valence-electron chi connectivity index (χ0n) is 10.3.